The molecule has 3 rings (SSSR count). The maximum absolute atomic E-state index is 13.9. The monoisotopic (exact) mass is 555 g/mol. The molecule has 0 aliphatic rings. The van der Waals surface area contributed by atoms with Crippen molar-refractivity contribution < 1.29 is 18.0 Å². The van der Waals surface area contributed by atoms with E-state index in [9.17, 15) is 18.0 Å². The molecule has 0 aliphatic heterocycles. The molecule has 0 bridgehead atoms. The maximum Gasteiger partial charge on any atom is 0.264 e. The fraction of sp³-hybridized carbons (Fsp3) is 0.310. The van der Waals surface area contributed by atoms with Crippen molar-refractivity contribution in [2.75, 3.05) is 17.4 Å². The smallest absolute Gasteiger partial charge is 0.264 e. The molecule has 3 aromatic rings. The predicted molar refractivity (Wildman–Crippen MR) is 152 cm³/mol. The molecule has 2 amide bonds. The third kappa shape index (κ3) is 7.14. The van der Waals surface area contributed by atoms with Gasteiger partial charge in [0.15, 0.2) is 0 Å². The lowest BCUT2D eigenvalue weighted by molar-refractivity contribution is -0.139. The van der Waals surface area contributed by atoms with Gasteiger partial charge in [-0.2, -0.15) is 0 Å². The fourth-order valence-corrected chi connectivity index (χ4v) is 5.57. The second-order valence-electron chi connectivity index (χ2n) is 8.92. The average Bonchev–Trinajstić information content (AvgIpc) is 2.94. The standard InChI is InChI=1S/C29H34ClN3O4S/c1-4-19-31-29(35)22(3)32(20-24-11-9-10-14-27(24)30)28(34)21-33(25-17-15-23(5-2)16-18-25)38(36,37)26-12-7-6-8-13-26/h6-18,22H,4-5,19-21H2,1-3H3,(H,31,35)/t22-/m0/s1. The Morgan fingerprint density at radius 3 is 2.16 bits per heavy atom. The van der Waals surface area contributed by atoms with Gasteiger partial charge in [0.2, 0.25) is 11.8 Å². The zero-order chi connectivity index (χ0) is 27.7. The van der Waals surface area contributed by atoms with Gasteiger partial charge in [0.05, 0.1) is 10.6 Å². The summed E-state index contributed by atoms with van der Waals surface area (Å²) in [5.41, 5.74) is 2.06. The number of amides is 2. The highest BCUT2D eigenvalue weighted by molar-refractivity contribution is 7.92. The first-order valence-electron chi connectivity index (χ1n) is 12.7. The van der Waals surface area contributed by atoms with Crippen LogP contribution in [0, 0.1) is 0 Å². The SMILES string of the molecule is CCCNC(=O)[C@H](C)N(Cc1ccccc1Cl)C(=O)CN(c1ccc(CC)cc1)S(=O)(=O)c1ccccc1. The number of sulfonamides is 1. The molecule has 1 atom stereocenters. The molecule has 0 saturated heterocycles. The van der Waals surface area contributed by atoms with E-state index in [2.05, 4.69) is 5.32 Å². The van der Waals surface area contributed by atoms with E-state index in [1.165, 1.54) is 17.0 Å². The summed E-state index contributed by atoms with van der Waals surface area (Å²) in [5, 5.41) is 3.28. The quantitative estimate of drug-likeness (QED) is 0.339. The fourth-order valence-electron chi connectivity index (χ4n) is 3.94. The minimum Gasteiger partial charge on any atom is -0.354 e. The van der Waals surface area contributed by atoms with Crippen LogP contribution in [0.5, 0.6) is 0 Å². The van der Waals surface area contributed by atoms with E-state index in [-0.39, 0.29) is 17.3 Å². The van der Waals surface area contributed by atoms with E-state index in [4.69, 9.17) is 11.6 Å². The van der Waals surface area contributed by atoms with Gasteiger partial charge >= 0.3 is 0 Å². The Hall–Kier alpha value is -3.36. The van der Waals surface area contributed by atoms with Crippen molar-refractivity contribution in [1.82, 2.24) is 10.2 Å². The summed E-state index contributed by atoms with van der Waals surface area (Å²) < 4.78 is 28.6. The third-order valence-corrected chi connectivity index (χ3v) is 8.41. The number of aryl methyl sites for hydroxylation is 1. The lowest BCUT2D eigenvalue weighted by Gasteiger charge is -2.32. The highest BCUT2D eigenvalue weighted by Gasteiger charge is 2.32. The number of rotatable bonds is 12. The molecule has 0 unspecified atom stereocenters. The van der Waals surface area contributed by atoms with Gasteiger partial charge in [0.25, 0.3) is 10.0 Å². The third-order valence-electron chi connectivity index (χ3n) is 6.26. The summed E-state index contributed by atoms with van der Waals surface area (Å²) in [5.74, 6) is -0.847. The summed E-state index contributed by atoms with van der Waals surface area (Å²) in [6.45, 7) is 5.61. The van der Waals surface area contributed by atoms with E-state index in [1.807, 2.05) is 26.0 Å². The van der Waals surface area contributed by atoms with Gasteiger partial charge in [0, 0.05) is 18.1 Å². The number of hydrogen-bond donors (Lipinski definition) is 1. The van der Waals surface area contributed by atoms with E-state index < -0.39 is 28.5 Å². The van der Waals surface area contributed by atoms with Gasteiger partial charge in [-0.1, -0.05) is 74.0 Å². The average molecular weight is 556 g/mol. The molecule has 7 nitrogen and oxygen atoms in total. The molecule has 0 aliphatic carbocycles. The molecule has 0 fully saturated rings. The Kier molecular flexibility index (Phi) is 10.3. The molecule has 1 N–H and O–H groups in total. The minimum absolute atomic E-state index is 0.0488. The number of nitrogens with one attached hydrogen (secondary N) is 1. The van der Waals surface area contributed by atoms with Gasteiger partial charge in [-0.15, -0.1) is 0 Å². The molecule has 0 saturated carbocycles. The van der Waals surface area contributed by atoms with E-state index >= 15 is 0 Å². The summed E-state index contributed by atoms with van der Waals surface area (Å²) in [6.07, 6.45) is 1.54. The van der Waals surface area contributed by atoms with Crippen LogP contribution in [0.25, 0.3) is 0 Å². The first-order valence-corrected chi connectivity index (χ1v) is 14.5. The van der Waals surface area contributed by atoms with Gasteiger partial charge in [-0.3, -0.25) is 13.9 Å². The van der Waals surface area contributed by atoms with Crippen LogP contribution in [0.15, 0.2) is 83.8 Å². The van der Waals surface area contributed by atoms with Gasteiger partial charge in [0.1, 0.15) is 12.6 Å². The molecular weight excluding hydrogens is 522 g/mol. The second kappa shape index (κ2) is 13.4. The van der Waals surface area contributed by atoms with Crippen LogP contribution in [0.1, 0.15) is 38.3 Å². The van der Waals surface area contributed by atoms with E-state index in [0.717, 1.165) is 22.7 Å². The van der Waals surface area contributed by atoms with Crippen molar-refractivity contribution in [2.24, 2.45) is 0 Å². The van der Waals surface area contributed by atoms with Crippen LogP contribution >= 0.6 is 11.6 Å². The number of halogens is 1. The zero-order valence-electron chi connectivity index (χ0n) is 21.9. The summed E-state index contributed by atoms with van der Waals surface area (Å²) in [6, 6.07) is 21.3. The molecular formula is C29H34ClN3O4S. The number of anilines is 1. The zero-order valence-corrected chi connectivity index (χ0v) is 23.5. The second-order valence-corrected chi connectivity index (χ2v) is 11.2. The largest absolute Gasteiger partial charge is 0.354 e. The summed E-state index contributed by atoms with van der Waals surface area (Å²) in [7, 11) is -4.08. The molecule has 202 valence electrons. The Bertz CT molecular complexity index is 1330. The number of hydrogen-bond acceptors (Lipinski definition) is 4. The van der Waals surface area contributed by atoms with Gasteiger partial charge < -0.3 is 10.2 Å². The van der Waals surface area contributed by atoms with Crippen LogP contribution in [-0.4, -0.2) is 44.3 Å². The number of carbonyl (C=O) groups excluding carboxylic acids is 2. The topological polar surface area (TPSA) is 86.8 Å². The molecule has 0 aromatic heterocycles. The van der Waals surface area contributed by atoms with Crippen LogP contribution < -0.4 is 9.62 Å². The van der Waals surface area contributed by atoms with Crippen LogP contribution in [0.4, 0.5) is 5.69 Å². The summed E-state index contributed by atoms with van der Waals surface area (Å²) in [4.78, 5) is 28.2. The Morgan fingerprint density at radius 1 is 0.921 bits per heavy atom. The lowest BCUT2D eigenvalue weighted by atomic mass is 10.1. The number of carbonyl (C=O) groups is 2. The van der Waals surface area contributed by atoms with Crippen molar-refractivity contribution in [3.63, 3.8) is 0 Å². The molecule has 0 radical (unpaired) electrons. The lowest BCUT2D eigenvalue weighted by Crippen LogP contribution is -2.51. The molecule has 0 spiro atoms. The molecule has 9 heteroatoms. The highest BCUT2D eigenvalue weighted by Crippen LogP contribution is 2.26. The summed E-state index contributed by atoms with van der Waals surface area (Å²) >= 11 is 6.38. The van der Waals surface area contributed by atoms with Crippen molar-refractivity contribution in [1.29, 1.82) is 0 Å². The Labute approximate surface area is 230 Å². The van der Waals surface area contributed by atoms with E-state index in [0.29, 0.717) is 22.8 Å². The predicted octanol–water partition coefficient (Wildman–Crippen LogP) is 5.04. The molecule has 3 aromatic carbocycles. The number of nitrogens with zero attached hydrogens (tertiary/aromatic N) is 2. The highest BCUT2D eigenvalue weighted by atomic mass is 35.5. The van der Waals surface area contributed by atoms with Crippen molar-refractivity contribution in [3.8, 4) is 0 Å². The van der Waals surface area contributed by atoms with Crippen LogP contribution in [0.3, 0.4) is 0 Å². The van der Waals surface area contributed by atoms with Crippen LogP contribution in [0.2, 0.25) is 5.02 Å². The normalized spacial score (nSPS) is 12.0. The van der Waals surface area contributed by atoms with Crippen LogP contribution in [-0.2, 0) is 32.6 Å². The first-order chi connectivity index (χ1) is 18.2. The van der Waals surface area contributed by atoms with E-state index in [1.54, 1.807) is 61.5 Å². The van der Waals surface area contributed by atoms with Gasteiger partial charge in [-0.05, 0) is 61.2 Å². The van der Waals surface area contributed by atoms with Gasteiger partial charge in [-0.25, -0.2) is 8.42 Å². The van der Waals surface area contributed by atoms with Crippen molar-refractivity contribution in [2.45, 2.75) is 51.1 Å². The van der Waals surface area contributed by atoms with Crippen molar-refractivity contribution >= 4 is 39.1 Å². The van der Waals surface area contributed by atoms with Crippen molar-refractivity contribution in [3.05, 3.63) is 95.0 Å². The number of benzene rings is 3. The molecule has 38 heavy (non-hydrogen) atoms. The Morgan fingerprint density at radius 2 is 1.55 bits per heavy atom. The molecule has 0 heterocycles. The first kappa shape index (κ1) is 29.2. The maximum atomic E-state index is 13.9. The minimum atomic E-state index is -4.08. The Balaban J connectivity index is 2.02.